The molecule has 0 aliphatic heterocycles. The molecule has 1 heterocycles. The van der Waals surface area contributed by atoms with Crippen LogP contribution in [0, 0.1) is 0 Å². The van der Waals surface area contributed by atoms with Gasteiger partial charge in [0.05, 0.1) is 0 Å². The molecule has 0 aliphatic carbocycles. The number of nitrogens with zero attached hydrogens (tertiary/aromatic N) is 2. The van der Waals surface area contributed by atoms with Crippen molar-refractivity contribution in [3.63, 3.8) is 0 Å². The lowest BCUT2D eigenvalue weighted by Gasteiger charge is -2.34. The Labute approximate surface area is 418 Å². The number of hydrogen-bond donors (Lipinski definition) is 0. The highest BCUT2D eigenvalue weighted by atomic mass is 28.3. The molecule has 0 atom stereocenters. The van der Waals surface area contributed by atoms with Crippen LogP contribution < -0.4 is 41.5 Å². The quantitative estimate of drug-likeness (QED) is 0.0620. The average Bonchev–Trinajstić information content (AvgIpc) is 3.96. The molecule has 11 aromatic rings. The zero-order valence-corrected chi connectivity index (χ0v) is 41.2. The molecule has 71 heavy (non-hydrogen) atoms. The van der Waals surface area contributed by atoms with Gasteiger partial charge in [-0.05, 0) is 88.0 Å². The first-order valence-corrected chi connectivity index (χ1v) is 28.1. The third-order valence-corrected chi connectivity index (χ3v) is 23.2. The summed E-state index contributed by atoms with van der Waals surface area (Å²) >= 11 is 0. The van der Waals surface area contributed by atoms with Crippen LogP contribution >= 0.6 is 0 Å². The maximum absolute atomic E-state index is 6.21. The Balaban J connectivity index is 0.772. The second-order valence-corrected chi connectivity index (χ2v) is 25.4. The molecule has 0 fully saturated rings. The Morgan fingerprint density at radius 2 is 0.423 bits per heavy atom. The van der Waals surface area contributed by atoms with Gasteiger partial charge < -0.3 is 4.42 Å². The molecule has 0 radical (unpaired) electrons. The topological polar surface area (TPSA) is 38.9 Å². The van der Waals surface area contributed by atoms with Gasteiger partial charge in [0, 0.05) is 11.1 Å². The van der Waals surface area contributed by atoms with E-state index in [1.165, 1.54) is 41.5 Å². The van der Waals surface area contributed by atoms with Crippen molar-refractivity contribution in [2.75, 3.05) is 0 Å². The van der Waals surface area contributed by atoms with Gasteiger partial charge in [-0.3, -0.25) is 0 Å². The molecule has 0 bridgehead atoms. The maximum Gasteiger partial charge on any atom is 0.248 e. The van der Waals surface area contributed by atoms with Crippen molar-refractivity contribution in [3.05, 3.63) is 301 Å². The van der Waals surface area contributed by atoms with E-state index in [9.17, 15) is 0 Å². The van der Waals surface area contributed by atoms with Crippen LogP contribution in [0.4, 0.5) is 0 Å². The molecule has 0 spiro atoms. The smallest absolute Gasteiger partial charge is 0.248 e. The normalized spacial score (nSPS) is 11.8. The van der Waals surface area contributed by atoms with Crippen molar-refractivity contribution >= 4 is 81.9 Å². The zero-order chi connectivity index (χ0) is 47.7. The predicted molar refractivity (Wildman–Crippen MR) is 303 cm³/mol. The lowest BCUT2D eigenvalue weighted by molar-refractivity contribution is 0.584. The van der Waals surface area contributed by atoms with Crippen molar-refractivity contribution in [2.24, 2.45) is 0 Å². The number of hydrogen-bond acceptors (Lipinski definition) is 3. The fourth-order valence-electron chi connectivity index (χ4n) is 10.1. The highest BCUT2D eigenvalue weighted by molar-refractivity contribution is 7.20. The lowest BCUT2D eigenvalue weighted by Crippen LogP contribution is -2.74. The summed E-state index contributed by atoms with van der Waals surface area (Å²) in [6.45, 7) is 0. The van der Waals surface area contributed by atoms with Gasteiger partial charge in [-0.15, -0.1) is 10.2 Å². The molecule has 3 nitrogen and oxygen atoms in total. The van der Waals surface area contributed by atoms with Crippen LogP contribution in [0.3, 0.4) is 0 Å². The minimum atomic E-state index is -2.56. The van der Waals surface area contributed by atoms with Crippen LogP contribution in [0.5, 0.6) is 0 Å². The molecule has 1 aromatic heterocycles. The summed E-state index contributed by atoms with van der Waals surface area (Å²) in [5.74, 6) is 0.973. The van der Waals surface area contributed by atoms with Crippen LogP contribution in [-0.4, -0.2) is 26.3 Å². The summed E-state index contributed by atoms with van der Waals surface area (Å²) in [6.07, 6.45) is 8.64. The summed E-state index contributed by atoms with van der Waals surface area (Å²) < 4.78 is 6.21. The summed E-state index contributed by atoms with van der Waals surface area (Å²) in [6, 6.07) is 101. The molecule has 0 saturated heterocycles. The van der Waals surface area contributed by atoms with Crippen LogP contribution in [-0.2, 0) is 0 Å². The molecule has 338 valence electrons. The Morgan fingerprint density at radius 1 is 0.225 bits per heavy atom. The van der Waals surface area contributed by atoms with Gasteiger partial charge in [0.2, 0.25) is 11.8 Å². The fraction of sp³-hybridized carbons (Fsp3) is 0. The molecule has 10 aromatic carbocycles. The summed E-state index contributed by atoms with van der Waals surface area (Å²) in [5, 5.41) is 19.7. The molecular formula is C66H50N2OSi2. The van der Waals surface area contributed by atoms with Crippen LogP contribution in [0.2, 0.25) is 0 Å². The molecule has 0 unspecified atom stereocenters. The van der Waals surface area contributed by atoms with E-state index >= 15 is 0 Å². The van der Waals surface area contributed by atoms with E-state index in [4.69, 9.17) is 4.42 Å². The van der Waals surface area contributed by atoms with Crippen LogP contribution in [0.25, 0.3) is 47.2 Å². The third kappa shape index (κ3) is 9.04. The van der Waals surface area contributed by atoms with E-state index in [0.717, 1.165) is 33.4 Å². The zero-order valence-electron chi connectivity index (χ0n) is 39.2. The molecule has 5 heteroatoms. The molecule has 0 N–H and O–H groups in total. The van der Waals surface area contributed by atoms with E-state index in [1.54, 1.807) is 0 Å². The van der Waals surface area contributed by atoms with E-state index in [-0.39, 0.29) is 0 Å². The Kier molecular flexibility index (Phi) is 12.9. The second-order valence-electron chi connectivity index (χ2n) is 17.8. The average molecular weight is 943 g/mol. The molecular weight excluding hydrogens is 893 g/mol. The molecule has 11 rings (SSSR count). The van der Waals surface area contributed by atoms with Crippen LogP contribution in [0.1, 0.15) is 22.3 Å². The van der Waals surface area contributed by atoms with Gasteiger partial charge >= 0.3 is 0 Å². The van der Waals surface area contributed by atoms with Crippen molar-refractivity contribution in [1.82, 2.24) is 10.2 Å². The van der Waals surface area contributed by atoms with Crippen molar-refractivity contribution in [2.45, 2.75) is 0 Å². The Hall–Kier alpha value is -8.75. The Morgan fingerprint density at radius 3 is 0.648 bits per heavy atom. The molecule has 0 amide bonds. The van der Waals surface area contributed by atoms with Crippen molar-refractivity contribution < 1.29 is 4.42 Å². The van der Waals surface area contributed by atoms with Gasteiger partial charge in [0.25, 0.3) is 0 Å². The minimum Gasteiger partial charge on any atom is -0.416 e. The highest BCUT2D eigenvalue weighted by Crippen LogP contribution is 2.26. The van der Waals surface area contributed by atoms with E-state index in [0.29, 0.717) is 11.8 Å². The Bertz CT molecular complexity index is 3080. The predicted octanol–water partition coefficient (Wildman–Crippen LogP) is 10.5. The van der Waals surface area contributed by atoms with Crippen molar-refractivity contribution in [3.8, 4) is 22.9 Å². The summed E-state index contributed by atoms with van der Waals surface area (Å²) in [7, 11) is -5.12. The second kappa shape index (κ2) is 20.5. The number of benzene rings is 10. The first kappa shape index (κ1) is 44.7. The first-order chi connectivity index (χ1) is 35.2. The largest absolute Gasteiger partial charge is 0.416 e. The maximum atomic E-state index is 6.21. The number of aromatic nitrogens is 2. The highest BCUT2D eigenvalue weighted by Gasteiger charge is 2.42. The minimum absolute atomic E-state index is 0.486. The van der Waals surface area contributed by atoms with Crippen LogP contribution in [0.15, 0.2) is 283 Å². The summed E-state index contributed by atoms with van der Waals surface area (Å²) in [5.41, 5.74) is 6.19. The molecule has 0 saturated carbocycles. The van der Waals surface area contributed by atoms with Gasteiger partial charge in [-0.1, -0.05) is 279 Å². The van der Waals surface area contributed by atoms with Gasteiger partial charge in [0.15, 0.2) is 16.1 Å². The van der Waals surface area contributed by atoms with Crippen molar-refractivity contribution in [1.29, 1.82) is 0 Å². The van der Waals surface area contributed by atoms with Gasteiger partial charge in [0.1, 0.15) is 0 Å². The first-order valence-electron chi connectivity index (χ1n) is 24.1. The SMILES string of the molecule is C(=C\c1ccc([Si](c2ccccc2)(c2ccccc2)c2ccccc2)cc1)/c1ccc(-c2nnc(-c3ccc(/C=C/c4ccc([Si](c5ccccc5)(c5ccccc5)c5ccccc5)cc4)cc3)o2)cc1. The monoisotopic (exact) mass is 942 g/mol. The van der Waals surface area contributed by atoms with E-state index < -0.39 is 16.1 Å². The van der Waals surface area contributed by atoms with Gasteiger partial charge in [-0.2, -0.15) is 0 Å². The van der Waals surface area contributed by atoms with E-state index in [1.807, 2.05) is 24.3 Å². The third-order valence-electron chi connectivity index (χ3n) is 13.6. The fourth-order valence-corrected chi connectivity index (χ4v) is 19.6. The van der Waals surface area contributed by atoms with E-state index in [2.05, 4.69) is 289 Å². The number of rotatable bonds is 14. The summed E-state index contributed by atoms with van der Waals surface area (Å²) in [4.78, 5) is 0. The standard InChI is InChI=1S/C66H50N2OSi2/c1-7-19-57(20-8-1)70(58-21-9-2-10-22-58,59-23-11-3-12-24-59)63-47-39-53(40-48-63)33-31-51-35-43-55(44-36-51)65-67-68-66(69-65)56-45-37-52(38-46-56)32-34-54-41-49-64(50-42-54)71(60-25-13-4-14-26-60,61-27-15-5-16-28-61)62-29-17-6-18-30-62/h1-50H/b33-31+,34-32+. The van der Waals surface area contributed by atoms with Gasteiger partial charge in [-0.25, -0.2) is 0 Å². The molecule has 0 aliphatic rings. The lowest BCUT2D eigenvalue weighted by atomic mass is 10.1.